The third-order valence-electron chi connectivity index (χ3n) is 3.94. The number of carbonyl (C=O) groups excluding carboxylic acids is 2. The van der Waals surface area contributed by atoms with Crippen LogP contribution in [0.2, 0.25) is 0 Å². The Bertz CT molecular complexity index is 283. The van der Waals surface area contributed by atoms with Crippen LogP contribution in [-0.2, 0) is 19.1 Å². The predicted octanol–water partition coefficient (Wildman–Crippen LogP) is 2.06. The van der Waals surface area contributed by atoms with E-state index in [9.17, 15) is 9.59 Å². The zero-order valence-corrected chi connectivity index (χ0v) is 10.5. The van der Waals surface area contributed by atoms with Gasteiger partial charge < -0.3 is 9.47 Å². The lowest BCUT2D eigenvalue weighted by molar-refractivity contribution is -0.161. The van der Waals surface area contributed by atoms with Gasteiger partial charge in [0.25, 0.3) is 0 Å². The van der Waals surface area contributed by atoms with Gasteiger partial charge in [-0.3, -0.25) is 9.59 Å². The topological polar surface area (TPSA) is 52.6 Å². The Morgan fingerprint density at radius 2 is 1.24 bits per heavy atom. The van der Waals surface area contributed by atoms with Gasteiger partial charge in [0, 0.05) is 13.8 Å². The zero-order chi connectivity index (χ0) is 12.4. The quantitative estimate of drug-likeness (QED) is 0.693. The zero-order valence-electron chi connectivity index (χ0n) is 10.5. The van der Waals surface area contributed by atoms with Gasteiger partial charge in [-0.2, -0.15) is 0 Å². The largest absolute Gasteiger partial charge is 0.462 e. The van der Waals surface area contributed by atoms with E-state index in [1.807, 2.05) is 0 Å². The molecule has 4 atom stereocenters. The van der Waals surface area contributed by atoms with Gasteiger partial charge in [0.05, 0.1) is 0 Å². The summed E-state index contributed by atoms with van der Waals surface area (Å²) in [5.74, 6) is 0.556. The smallest absolute Gasteiger partial charge is 0.302 e. The molecule has 0 aromatic heterocycles. The molecule has 0 heterocycles. The number of hydrogen-bond acceptors (Lipinski definition) is 4. The molecule has 0 aromatic rings. The molecule has 0 N–H and O–H groups in total. The maximum atomic E-state index is 11.0. The van der Waals surface area contributed by atoms with Crippen molar-refractivity contribution in [3.63, 3.8) is 0 Å². The van der Waals surface area contributed by atoms with Gasteiger partial charge in [0.15, 0.2) is 0 Å². The molecule has 2 aliphatic carbocycles. The normalized spacial score (nSPS) is 36.1. The van der Waals surface area contributed by atoms with Crippen LogP contribution >= 0.6 is 0 Å². The number of fused-ring (bicyclic) bond motifs is 2. The van der Waals surface area contributed by atoms with Crippen molar-refractivity contribution < 1.29 is 19.1 Å². The van der Waals surface area contributed by atoms with Crippen molar-refractivity contribution >= 4 is 11.9 Å². The van der Waals surface area contributed by atoms with Crippen LogP contribution in [0.25, 0.3) is 0 Å². The van der Waals surface area contributed by atoms with E-state index in [1.165, 1.54) is 13.8 Å². The van der Waals surface area contributed by atoms with Gasteiger partial charge in [0.1, 0.15) is 12.2 Å². The van der Waals surface area contributed by atoms with Gasteiger partial charge in [-0.15, -0.1) is 0 Å². The van der Waals surface area contributed by atoms with Crippen LogP contribution in [0.1, 0.15) is 46.0 Å². The van der Waals surface area contributed by atoms with E-state index in [0.29, 0.717) is 11.8 Å². The first-order valence-corrected chi connectivity index (χ1v) is 6.40. The summed E-state index contributed by atoms with van der Waals surface area (Å²) in [7, 11) is 0. The SMILES string of the molecule is CC(=O)OC1CCC2CC1CCC2OC(C)=O. The first-order valence-electron chi connectivity index (χ1n) is 6.40. The molecule has 0 radical (unpaired) electrons. The Morgan fingerprint density at radius 1 is 0.824 bits per heavy atom. The molecule has 2 bridgehead atoms. The first-order chi connectivity index (χ1) is 8.06. The number of rotatable bonds is 2. The van der Waals surface area contributed by atoms with E-state index in [0.717, 1.165) is 32.1 Å². The van der Waals surface area contributed by atoms with Crippen LogP contribution in [-0.4, -0.2) is 24.1 Å². The highest BCUT2D eigenvalue weighted by Gasteiger charge is 2.41. The monoisotopic (exact) mass is 240 g/mol. The van der Waals surface area contributed by atoms with Crippen molar-refractivity contribution in [1.82, 2.24) is 0 Å². The number of esters is 2. The molecule has 0 amide bonds. The van der Waals surface area contributed by atoms with Gasteiger partial charge in [0.2, 0.25) is 0 Å². The van der Waals surface area contributed by atoms with Crippen molar-refractivity contribution in [2.24, 2.45) is 11.8 Å². The lowest BCUT2D eigenvalue weighted by atomic mass is 9.69. The molecule has 0 saturated heterocycles. The average molecular weight is 240 g/mol. The molecular weight excluding hydrogens is 220 g/mol. The predicted molar refractivity (Wildman–Crippen MR) is 61.2 cm³/mol. The Kier molecular flexibility index (Phi) is 3.69. The first kappa shape index (κ1) is 12.4. The fraction of sp³-hybridized carbons (Fsp3) is 0.846. The fourth-order valence-electron chi connectivity index (χ4n) is 3.26. The second kappa shape index (κ2) is 5.07. The van der Waals surface area contributed by atoms with Crippen LogP contribution < -0.4 is 0 Å². The Morgan fingerprint density at radius 3 is 1.59 bits per heavy atom. The number of hydrogen-bond donors (Lipinski definition) is 0. The fourth-order valence-corrected chi connectivity index (χ4v) is 3.26. The summed E-state index contributed by atoms with van der Waals surface area (Å²) in [5.41, 5.74) is 0. The summed E-state index contributed by atoms with van der Waals surface area (Å²) in [6.07, 6.45) is 5.00. The second-order valence-corrected chi connectivity index (χ2v) is 5.21. The molecule has 96 valence electrons. The minimum atomic E-state index is -0.185. The Balaban J connectivity index is 1.91. The summed E-state index contributed by atoms with van der Waals surface area (Å²) in [6.45, 7) is 2.94. The van der Waals surface area contributed by atoms with Gasteiger partial charge in [-0.05, 0) is 43.9 Å². The third-order valence-corrected chi connectivity index (χ3v) is 3.94. The Hall–Kier alpha value is -1.06. The highest BCUT2D eigenvalue weighted by Crippen LogP contribution is 2.42. The second-order valence-electron chi connectivity index (χ2n) is 5.21. The van der Waals surface area contributed by atoms with E-state index in [2.05, 4.69) is 0 Å². The number of ether oxygens (including phenoxy) is 2. The van der Waals surface area contributed by atoms with Crippen molar-refractivity contribution in [3.8, 4) is 0 Å². The molecule has 2 aliphatic rings. The van der Waals surface area contributed by atoms with E-state index < -0.39 is 0 Å². The standard InChI is InChI=1S/C13H20O4/c1-8(14)16-12-5-3-11-7-10(12)4-6-13(11)17-9(2)15/h10-13H,3-7H2,1-2H3. The molecule has 2 saturated carbocycles. The summed E-state index contributed by atoms with van der Waals surface area (Å²) >= 11 is 0. The highest BCUT2D eigenvalue weighted by atomic mass is 16.5. The maximum Gasteiger partial charge on any atom is 0.302 e. The third kappa shape index (κ3) is 2.99. The summed E-state index contributed by atoms with van der Waals surface area (Å²) in [6, 6.07) is 0. The van der Waals surface area contributed by atoms with Crippen molar-refractivity contribution in [3.05, 3.63) is 0 Å². The van der Waals surface area contributed by atoms with Gasteiger partial charge in [-0.25, -0.2) is 0 Å². The molecule has 0 aliphatic heterocycles. The van der Waals surface area contributed by atoms with E-state index in [1.54, 1.807) is 0 Å². The minimum absolute atomic E-state index is 0.0852. The lowest BCUT2D eigenvalue weighted by Gasteiger charge is -2.43. The summed E-state index contributed by atoms with van der Waals surface area (Å²) < 4.78 is 10.7. The average Bonchev–Trinajstić information content (AvgIpc) is 2.24. The molecule has 0 spiro atoms. The number of carbonyl (C=O) groups is 2. The van der Waals surface area contributed by atoms with E-state index >= 15 is 0 Å². The van der Waals surface area contributed by atoms with Gasteiger partial charge >= 0.3 is 11.9 Å². The van der Waals surface area contributed by atoms with Crippen molar-refractivity contribution in [2.75, 3.05) is 0 Å². The molecule has 4 heteroatoms. The Labute approximate surface area is 102 Å². The van der Waals surface area contributed by atoms with Crippen LogP contribution in [0.15, 0.2) is 0 Å². The van der Waals surface area contributed by atoms with Crippen LogP contribution in [0.3, 0.4) is 0 Å². The molecule has 2 fully saturated rings. The molecule has 4 nitrogen and oxygen atoms in total. The molecule has 0 aromatic carbocycles. The highest BCUT2D eigenvalue weighted by molar-refractivity contribution is 5.66. The van der Waals surface area contributed by atoms with Crippen LogP contribution in [0.4, 0.5) is 0 Å². The van der Waals surface area contributed by atoms with Crippen LogP contribution in [0.5, 0.6) is 0 Å². The minimum Gasteiger partial charge on any atom is -0.462 e. The van der Waals surface area contributed by atoms with E-state index in [-0.39, 0.29) is 24.1 Å². The molecule has 2 rings (SSSR count). The maximum absolute atomic E-state index is 11.0. The van der Waals surface area contributed by atoms with Crippen molar-refractivity contribution in [2.45, 2.75) is 58.2 Å². The van der Waals surface area contributed by atoms with Crippen LogP contribution in [0, 0.1) is 11.8 Å². The lowest BCUT2D eigenvalue weighted by Crippen LogP contribution is -2.42. The summed E-state index contributed by atoms with van der Waals surface area (Å²) in [5, 5.41) is 0. The molecule has 4 unspecified atom stereocenters. The van der Waals surface area contributed by atoms with E-state index in [4.69, 9.17) is 9.47 Å². The molecule has 17 heavy (non-hydrogen) atoms. The van der Waals surface area contributed by atoms with Crippen molar-refractivity contribution in [1.29, 1.82) is 0 Å². The van der Waals surface area contributed by atoms with Gasteiger partial charge in [-0.1, -0.05) is 0 Å². The summed E-state index contributed by atoms with van der Waals surface area (Å²) in [4.78, 5) is 22.0. The molecular formula is C13H20O4.